The molecule has 3 N–H and O–H groups in total. The molecule has 0 saturated heterocycles. The van der Waals surface area contributed by atoms with Gasteiger partial charge in [0.1, 0.15) is 9.71 Å². The predicted molar refractivity (Wildman–Crippen MR) is 126 cm³/mol. The second-order valence-corrected chi connectivity index (χ2v) is 8.59. The van der Waals surface area contributed by atoms with E-state index in [1.807, 2.05) is 0 Å². The van der Waals surface area contributed by atoms with Gasteiger partial charge in [-0.2, -0.15) is 0 Å². The average molecular weight is 453 g/mol. The SMILES string of the molecule is C=CC(=O)NC1CCCC1NC(=O)c1sc2nccc3c2c1NC(=O)N3/C(C)=C/N=C\C. The zero-order chi connectivity index (χ0) is 22.8. The van der Waals surface area contributed by atoms with Gasteiger partial charge in [-0.25, -0.2) is 9.78 Å². The molecule has 3 heterocycles. The van der Waals surface area contributed by atoms with Crippen molar-refractivity contribution in [2.24, 2.45) is 4.99 Å². The molecule has 0 radical (unpaired) electrons. The first-order valence-electron chi connectivity index (χ1n) is 10.4. The normalized spacial score (nSPS) is 20.5. The van der Waals surface area contributed by atoms with Crippen molar-refractivity contribution in [3.05, 3.63) is 41.7 Å². The number of nitrogens with one attached hydrogen (secondary N) is 3. The highest BCUT2D eigenvalue weighted by Crippen LogP contribution is 2.44. The molecule has 0 aromatic carbocycles. The number of nitrogens with zero attached hydrogens (tertiary/aromatic N) is 3. The molecule has 1 fully saturated rings. The van der Waals surface area contributed by atoms with E-state index in [2.05, 4.69) is 32.5 Å². The van der Waals surface area contributed by atoms with Gasteiger partial charge < -0.3 is 16.0 Å². The van der Waals surface area contributed by atoms with Crippen molar-refractivity contribution in [2.45, 2.75) is 45.2 Å². The van der Waals surface area contributed by atoms with Gasteiger partial charge in [0.2, 0.25) is 5.91 Å². The fourth-order valence-electron chi connectivity index (χ4n) is 4.12. The average Bonchev–Trinajstić information content (AvgIpc) is 3.37. The lowest BCUT2D eigenvalue weighted by Gasteiger charge is -2.28. The quantitative estimate of drug-likeness (QED) is 0.459. The third-order valence-electron chi connectivity index (χ3n) is 5.56. The maximum Gasteiger partial charge on any atom is 0.330 e. The van der Waals surface area contributed by atoms with Crippen LogP contribution in [-0.2, 0) is 4.79 Å². The number of allylic oxidation sites excluding steroid dienone is 1. The van der Waals surface area contributed by atoms with Crippen LogP contribution in [0.15, 0.2) is 41.8 Å². The molecule has 1 saturated carbocycles. The Bertz CT molecular complexity index is 1170. The second kappa shape index (κ2) is 8.91. The number of carbonyl (C=O) groups excluding carboxylic acids is 3. The number of rotatable bonds is 6. The number of urea groups is 1. The summed E-state index contributed by atoms with van der Waals surface area (Å²) in [6.07, 6.45) is 8.54. The molecule has 2 aromatic heterocycles. The van der Waals surface area contributed by atoms with Crippen LogP contribution in [0, 0.1) is 0 Å². The lowest BCUT2D eigenvalue weighted by Crippen LogP contribution is -2.48. The Hall–Kier alpha value is -3.53. The molecule has 166 valence electrons. The van der Waals surface area contributed by atoms with Gasteiger partial charge in [0.05, 0.1) is 16.8 Å². The van der Waals surface area contributed by atoms with Crippen LogP contribution in [0.25, 0.3) is 10.2 Å². The maximum absolute atomic E-state index is 13.2. The summed E-state index contributed by atoms with van der Waals surface area (Å²) in [6.45, 7) is 7.07. The van der Waals surface area contributed by atoms with E-state index in [9.17, 15) is 14.4 Å². The topological polar surface area (TPSA) is 116 Å². The lowest BCUT2D eigenvalue weighted by molar-refractivity contribution is -0.117. The molecule has 4 amide bonds. The number of carbonyl (C=O) groups is 3. The fourth-order valence-corrected chi connectivity index (χ4v) is 5.14. The summed E-state index contributed by atoms with van der Waals surface area (Å²) in [7, 11) is 0. The largest absolute Gasteiger partial charge is 0.348 e. The van der Waals surface area contributed by atoms with Crippen molar-refractivity contribution in [1.29, 1.82) is 0 Å². The zero-order valence-corrected chi connectivity index (χ0v) is 18.7. The van der Waals surface area contributed by atoms with E-state index in [-0.39, 0.29) is 29.9 Å². The fraction of sp³-hybridized carbons (Fsp3) is 0.318. The van der Waals surface area contributed by atoms with Crippen LogP contribution in [0.5, 0.6) is 0 Å². The van der Waals surface area contributed by atoms with Crippen molar-refractivity contribution in [2.75, 3.05) is 10.2 Å². The second-order valence-electron chi connectivity index (χ2n) is 7.59. The summed E-state index contributed by atoms with van der Waals surface area (Å²) in [5, 5.41) is 9.49. The summed E-state index contributed by atoms with van der Waals surface area (Å²) < 4.78 is 0. The first kappa shape index (κ1) is 21.7. The van der Waals surface area contributed by atoms with E-state index in [0.29, 0.717) is 26.8 Å². The molecule has 2 aliphatic rings. The molecule has 4 rings (SSSR count). The van der Waals surface area contributed by atoms with Gasteiger partial charge in [-0.15, -0.1) is 11.3 Å². The van der Waals surface area contributed by atoms with Crippen LogP contribution in [0.3, 0.4) is 0 Å². The summed E-state index contributed by atoms with van der Waals surface area (Å²) in [5.74, 6) is -0.555. The van der Waals surface area contributed by atoms with Crippen molar-refractivity contribution in [1.82, 2.24) is 15.6 Å². The van der Waals surface area contributed by atoms with Gasteiger partial charge in [0.15, 0.2) is 0 Å². The number of hydrogen-bond acceptors (Lipinski definition) is 6. The highest BCUT2D eigenvalue weighted by molar-refractivity contribution is 7.21. The monoisotopic (exact) mass is 452 g/mol. The number of thiophene rings is 1. The summed E-state index contributed by atoms with van der Waals surface area (Å²) in [4.78, 5) is 48.9. The molecule has 1 aliphatic carbocycles. The number of anilines is 2. The first-order chi connectivity index (χ1) is 15.4. The number of hydrogen-bond donors (Lipinski definition) is 3. The number of amides is 4. The molecular weight excluding hydrogens is 428 g/mol. The number of pyridine rings is 1. The van der Waals surface area contributed by atoms with Gasteiger partial charge in [0, 0.05) is 36.4 Å². The van der Waals surface area contributed by atoms with Crippen LogP contribution < -0.4 is 20.9 Å². The Kier molecular flexibility index (Phi) is 6.04. The molecule has 0 bridgehead atoms. The highest BCUT2D eigenvalue weighted by atomic mass is 32.1. The third kappa shape index (κ3) is 3.89. The molecule has 9 nitrogen and oxygen atoms in total. The van der Waals surface area contributed by atoms with Crippen molar-refractivity contribution in [3.8, 4) is 0 Å². The highest BCUT2D eigenvalue weighted by Gasteiger charge is 2.35. The molecule has 0 spiro atoms. The number of aromatic nitrogens is 1. The van der Waals surface area contributed by atoms with E-state index in [4.69, 9.17) is 0 Å². The Morgan fingerprint density at radius 2 is 2.09 bits per heavy atom. The minimum absolute atomic E-state index is 0.152. The van der Waals surface area contributed by atoms with Crippen molar-refractivity contribution in [3.63, 3.8) is 0 Å². The van der Waals surface area contributed by atoms with Crippen LogP contribution >= 0.6 is 11.3 Å². The first-order valence-corrected chi connectivity index (χ1v) is 11.2. The number of aliphatic imine (C=N–C) groups is 1. The van der Waals surface area contributed by atoms with E-state index in [1.54, 1.807) is 38.5 Å². The molecule has 1 aliphatic heterocycles. The van der Waals surface area contributed by atoms with Crippen molar-refractivity contribution >= 4 is 57.0 Å². The minimum atomic E-state index is -0.366. The predicted octanol–water partition coefficient (Wildman–Crippen LogP) is 3.55. The maximum atomic E-state index is 13.2. The van der Waals surface area contributed by atoms with E-state index in [1.165, 1.54) is 22.3 Å². The van der Waals surface area contributed by atoms with Gasteiger partial charge in [-0.3, -0.25) is 19.5 Å². The van der Waals surface area contributed by atoms with Crippen LogP contribution in [0.1, 0.15) is 42.8 Å². The van der Waals surface area contributed by atoms with E-state index >= 15 is 0 Å². The Balaban J connectivity index is 1.66. The molecule has 2 atom stereocenters. The summed E-state index contributed by atoms with van der Waals surface area (Å²) in [5.41, 5.74) is 1.76. The van der Waals surface area contributed by atoms with Crippen LogP contribution in [-0.4, -0.2) is 41.1 Å². The Labute approximate surface area is 189 Å². The Morgan fingerprint density at radius 1 is 1.34 bits per heavy atom. The molecule has 32 heavy (non-hydrogen) atoms. The Morgan fingerprint density at radius 3 is 2.81 bits per heavy atom. The molecule has 10 heteroatoms. The van der Waals surface area contributed by atoms with E-state index < -0.39 is 0 Å². The molecule has 2 unspecified atom stereocenters. The van der Waals surface area contributed by atoms with Gasteiger partial charge in [0.25, 0.3) is 5.91 Å². The van der Waals surface area contributed by atoms with Crippen LogP contribution in [0.2, 0.25) is 0 Å². The standard InChI is InChI=1S/C22H24N6O3S/c1-4-16(29)25-13-7-6-8-14(13)26-20(30)19-18-17-15(9-10-24-21(17)32-19)28(22(31)27-18)12(3)11-23-5-2/h4-5,9-11,13-14H,1,6-8H2,2-3H3,(H,25,29)(H,26,30)(H,27,31)/b12-11+,23-5-. The van der Waals surface area contributed by atoms with Gasteiger partial charge in [-0.1, -0.05) is 6.58 Å². The van der Waals surface area contributed by atoms with Gasteiger partial charge >= 0.3 is 6.03 Å². The summed E-state index contributed by atoms with van der Waals surface area (Å²) in [6, 6.07) is 1.04. The lowest BCUT2D eigenvalue weighted by atomic mass is 10.1. The molecule has 2 aromatic rings. The van der Waals surface area contributed by atoms with Gasteiger partial charge in [-0.05, 0) is 45.3 Å². The van der Waals surface area contributed by atoms with Crippen LogP contribution in [0.4, 0.5) is 16.2 Å². The summed E-state index contributed by atoms with van der Waals surface area (Å²) >= 11 is 1.23. The smallest absolute Gasteiger partial charge is 0.330 e. The third-order valence-corrected chi connectivity index (χ3v) is 6.66. The van der Waals surface area contributed by atoms with Crippen molar-refractivity contribution < 1.29 is 14.4 Å². The van der Waals surface area contributed by atoms with E-state index in [0.717, 1.165) is 24.6 Å². The minimum Gasteiger partial charge on any atom is -0.348 e. The zero-order valence-electron chi connectivity index (χ0n) is 17.8. The molecular formula is C22H24N6O3S.